The van der Waals surface area contributed by atoms with E-state index in [1.807, 2.05) is 12.4 Å². The average Bonchev–Trinajstić information content (AvgIpc) is 2.74. The summed E-state index contributed by atoms with van der Waals surface area (Å²) in [6.07, 6.45) is 0. The van der Waals surface area contributed by atoms with E-state index in [4.69, 9.17) is 11.6 Å². The van der Waals surface area contributed by atoms with Gasteiger partial charge >= 0.3 is 0 Å². The summed E-state index contributed by atoms with van der Waals surface area (Å²) in [7, 11) is 2.08. The third-order valence-electron chi connectivity index (χ3n) is 2.80. The molecule has 0 aliphatic rings. The van der Waals surface area contributed by atoms with Crippen molar-refractivity contribution in [3.63, 3.8) is 0 Å². The predicted octanol–water partition coefficient (Wildman–Crippen LogP) is 4.59. The summed E-state index contributed by atoms with van der Waals surface area (Å²) < 4.78 is 1.07. The molecule has 2 nitrogen and oxygen atoms in total. The van der Waals surface area contributed by atoms with Gasteiger partial charge in [-0.05, 0) is 40.5 Å². The van der Waals surface area contributed by atoms with Crippen LogP contribution in [0.4, 0.5) is 5.69 Å². The molecule has 0 saturated heterocycles. The van der Waals surface area contributed by atoms with Gasteiger partial charge < -0.3 is 4.90 Å². The van der Waals surface area contributed by atoms with Gasteiger partial charge in [0.2, 0.25) is 0 Å². The van der Waals surface area contributed by atoms with Gasteiger partial charge in [-0.15, -0.1) is 22.9 Å². The fraction of sp³-hybridized carbons (Fsp3) is 0.308. The number of aryl methyl sites for hydroxylation is 1. The highest BCUT2D eigenvalue weighted by atomic mass is 79.9. The molecule has 96 valence electrons. The smallest absolute Gasteiger partial charge is 0.0798 e. The Balaban J connectivity index is 2.19. The van der Waals surface area contributed by atoms with E-state index in [9.17, 15) is 0 Å². The van der Waals surface area contributed by atoms with Gasteiger partial charge in [-0.25, -0.2) is 4.98 Å². The summed E-state index contributed by atoms with van der Waals surface area (Å²) in [5.41, 5.74) is 5.29. The maximum Gasteiger partial charge on any atom is 0.0798 e. The minimum absolute atomic E-state index is 0.538. The van der Waals surface area contributed by atoms with Crippen LogP contribution in [0.3, 0.4) is 0 Å². The summed E-state index contributed by atoms with van der Waals surface area (Å²) in [6, 6.07) is 6.22. The third kappa shape index (κ3) is 3.05. The predicted molar refractivity (Wildman–Crippen MR) is 82.7 cm³/mol. The van der Waals surface area contributed by atoms with Gasteiger partial charge in [0.25, 0.3) is 0 Å². The molecule has 0 bridgehead atoms. The van der Waals surface area contributed by atoms with Crippen LogP contribution in [-0.2, 0) is 12.4 Å². The lowest BCUT2D eigenvalue weighted by molar-refractivity contribution is 0.922. The van der Waals surface area contributed by atoms with E-state index >= 15 is 0 Å². The molecule has 0 aliphatic heterocycles. The highest BCUT2D eigenvalue weighted by Crippen LogP contribution is 2.29. The maximum absolute atomic E-state index is 5.83. The van der Waals surface area contributed by atoms with Crippen molar-refractivity contribution in [1.29, 1.82) is 0 Å². The Hall–Kier alpha value is -0.580. The molecule has 0 N–H and O–H groups in total. The zero-order valence-electron chi connectivity index (χ0n) is 10.3. The molecule has 0 radical (unpaired) electrons. The number of aromatic nitrogens is 1. The summed E-state index contributed by atoms with van der Waals surface area (Å²) in [5.74, 6) is 0.538. The first kappa shape index (κ1) is 13.8. The molecule has 18 heavy (non-hydrogen) atoms. The van der Waals surface area contributed by atoms with E-state index < -0.39 is 0 Å². The fourth-order valence-electron chi connectivity index (χ4n) is 1.72. The third-order valence-corrected chi connectivity index (χ3v) is 4.67. The standard InChI is InChI=1S/C13H14BrClN2S/c1-9-13(18-8-16-9)7-17(2)12-4-3-10(6-15)5-11(12)14/h3-5,8H,6-7H2,1-2H3. The number of hydrogen-bond acceptors (Lipinski definition) is 3. The van der Waals surface area contributed by atoms with Crippen LogP contribution in [0, 0.1) is 6.92 Å². The van der Waals surface area contributed by atoms with Crippen molar-refractivity contribution < 1.29 is 0 Å². The first-order valence-corrected chi connectivity index (χ1v) is 7.77. The Morgan fingerprint density at radius 2 is 2.22 bits per heavy atom. The van der Waals surface area contributed by atoms with E-state index in [1.54, 1.807) is 11.3 Å². The first-order chi connectivity index (χ1) is 8.61. The Labute approximate surface area is 125 Å². The number of benzene rings is 1. The number of hydrogen-bond donors (Lipinski definition) is 0. The van der Waals surface area contributed by atoms with Crippen LogP contribution in [0.5, 0.6) is 0 Å². The van der Waals surface area contributed by atoms with Crippen molar-refractivity contribution >= 4 is 44.6 Å². The van der Waals surface area contributed by atoms with Crippen LogP contribution >= 0.6 is 38.9 Å². The Morgan fingerprint density at radius 3 is 2.78 bits per heavy atom. The normalized spacial score (nSPS) is 10.7. The van der Waals surface area contributed by atoms with E-state index in [1.165, 1.54) is 4.88 Å². The number of anilines is 1. The molecular formula is C13H14BrClN2S. The summed E-state index contributed by atoms with van der Waals surface area (Å²) >= 11 is 11.1. The van der Waals surface area contributed by atoms with Gasteiger partial charge in [0.05, 0.1) is 23.4 Å². The molecule has 5 heteroatoms. The number of alkyl halides is 1. The molecule has 0 amide bonds. The van der Waals surface area contributed by atoms with Crippen molar-refractivity contribution in [2.75, 3.05) is 11.9 Å². The van der Waals surface area contributed by atoms with E-state index in [0.717, 1.165) is 28.0 Å². The largest absolute Gasteiger partial charge is 0.368 e. The van der Waals surface area contributed by atoms with E-state index in [0.29, 0.717) is 5.88 Å². The fourth-order valence-corrected chi connectivity index (χ4v) is 3.45. The molecule has 2 rings (SSSR count). The molecule has 1 aromatic carbocycles. The Kier molecular flexibility index (Phi) is 4.65. The summed E-state index contributed by atoms with van der Waals surface area (Å²) in [4.78, 5) is 7.78. The number of nitrogens with zero attached hydrogens (tertiary/aromatic N) is 2. The van der Waals surface area contributed by atoms with E-state index in [-0.39, 0.29) is 0 Å². The minimum Gasteiger partial charge on any atom is -0.368 e. The molecule has 0 unspecified atom stereocenters. The van der Waals surface area contributed by atoms with Crippen molar-refractivity contribution in [1.82, 2.24) is 4.98 Å². The molecule has 0 atom stereocenters. The van der Waals surface area contributed by atoms with E-state index in [2.05, 4.69) is 51.1 Å². The van der Waals surface area contributed by atoms with Crippen molar-refractivity contribution in [3.8, 4) is 0 Å². The first-order valence-electron chi connectivity index (χ1n) is 5.56. The SMILES string of the molecule is Cc1ncsc1CN(C)c1ccc(CCl)cc1Br. The topological polar surface area (TPSA) is 16.1 Å². The average molecular weight is 346 g/mol. The van der Waals surface area contributed by atoms with Crippen LogP contribution in [-0.4, -0.2) is 12.0 Å². The molecule has 0 saturated carbocycles. The Bertz CT molecular complexity index is 542. The highest BCUT2D eigenvalue weighted by Gasteiger charge is 2.09. The van der Waals surface area contributed by atoms with Gasteiger partial charge in [0.1, 0.15) is 0 Å². The zero-order chi connectivity index (χ0) is 13.1. The van der Waals surface area contributed by atoms with Crippen LogP contribution in [0.1, 0.15) is 16.1 Å². The summed E-state index contributed by atoms with van der Waals surface area (Å²) in [5, 5.41) is 0. The lowest BCUT2D eigenvalue weighted by Crippen LogP contribution is -2.16. The Morgan fingerprint density at radius 1 is 1.44 bits per heavy atom. The van der Waals surface area contributed by atoms with Crippen molar-refractivity contribution in [3.05, 3.63) is 44.3 Å². The van der Waals surface area contributed by atoms with Crippen LogP contribution in [0.15, 0.2) is 28.2 Å². The van der Waals surface area contributed by atoms with Crippen LogP contribution in [0.2, 0.25) is 0 Å². The molecular weight excluding hydrogens is 332 g/mol. The van der Waals surface area contributed by atoms with Crippen molar-refractivity contribution in [2.45, 2.75) is 19.3 Å². The lowest BCUT2D eigenvalue weighted by Gasteiger charge is -2.20. The lowest BCUT2D eigenvalue weighted by atomic mass is 10.2. The minimum atomic E-state index is 0.538. The molecule has 0 aliphatic carbocycles. The molecule has 1 aromatic heterocycles. The highest BCUT2D eigenvalue weighted by molar-refractivity contribution is 9.10. The van der Waals surface area contributed by atoms with Gasteiger partial charge in [-0.3, -0.25) is 0 Å². The van der Waals surface area contributed by atoms with Gasteiger partial charge in [0.15, 0.2) is 0 Å². The monoisotopic (exact) mass is 344 g/mol. The summed E-state index contributed by atoms with van der Waals surface area (Å²) in [6.45, 7) is 2.92. The number of halogens is 2. The second-order valence-electron chi connectivity index (χ2n) is 4.14. The second-order valence-corrected chi connectivity index (χ2v) is 6.20. The zero-order valence-corrected chi connectivity index (χ0v) is 13.4. The molecule has 0 spiro atoms. The number of rotatable bonds is 4. The molecule has 1 heterocycles. The quantitative estimate of drug-likeness (QED) is 0.753. The van der Waals surface area contributed by atoms with Crippen molar-refractivity contribution in [2.24, 2.45) is 0 Å². The maximum atomic E-state index is 5.83. The van der Waals surface area contributed by atoms with Crippen LogP contribution < -0.4 is 4.90 Å². The number of thiazole rings is 1. The van der Waals surface area contributed by atoms with Gasteiger partial charge in [-0.1, -0.05) is 6.07 Å². The van der Waals surface area contributed by atoms with Gasteiger partial charge in [-0.2, -0.15) is 0 Å². The molecule has 2 aromatic rings. The second kappa shape index (κ2) is 6.04. The van der Waals surface area contributed by atoms with Crippen LogP contribution in [0.25, 0.3) is 0 Å². The van der Waals surface area contributed by atoms with Gasteiger partial charge in [0, 0.05) is 22.3 Å². The molecule has 0 fully saturated rings.